The van der Waals surface area contributed by atoms with E-state index in [4.69, 9.17) is 4.74 Å². The van der Waals surface area contributed by atoms with Crippen LogP contribution in [0.5, 0.6) is 0 Å². The number of rotatable bonds is 3. The van der Waals surface area contributed by atoms with E-state index >= 15 is 0 Å². The molecule has 2 aliphatic carbocycles. The van der Waals surface area contributed by atoms with E-state index in [2.05, 4.69) is 6.07 Å². The van der Waals surface area contributed by atoms with Gasteiger partial charge in [0.05, 0.1) is 23.7 Å². The van der Waals surface area contributed by atoms with E-state index in [1.54, 1.807) is 7.11 Å². The summed E-state index contributed by atoms with van der Waals surface area (Å²) in [7, 11) is 1.77. The van der Waals surface area contributed by atoms with Crippen molar-refractivity contribution in [3.63, 3.8) is 0 Å². The van der Waals surface area contributed by atoms with Gasteiger partial charge in [-0.25, -0.2) is 0 Å². The molecule has 102 valence electrons. The maximum Gasteiger partial charge on any atom is 0.0808 e. The van der Waals surface area contributed by atoms with Gasteiger partial charge in [-0.3, -0.25) is 0 Å². The number of nitrogens with zero attached hydrogens (tertiary/aromatic N) is 1. The van der Waals surface area contributed by atoms with Crippen LogP contribution in [0, 0.1) is 23.2 Å². The second-order valence-corrected chi connectivity index (χ2v) is 6.04. The Hall–Kier alpha value is -0.590. The van der Waals surface area contributed by atoms with E-state index in [0.29, 0.717) is 12.0 Å². The smallest absolute Gasteiger partial charge is 0.0808 e. The van der Waals surface area contributed by atoms with E-state index in [1.165, 1.54) is 6.42 Å². The lowest BCUT2D eigenvalue weighted by Gasteiger charge is -2.41. The van der Waals surface area contributed by atoms with Gasteiger partial charge in [-0.05, 0) is 44.4 Å². The Labute approximate surface area is 110 Å². The van der Waals surface area contributed by atoms with Crippen LogP contribution >= 0.6 is 0 Å². The Morgan fingerprint density at radius 1 is 1.17 bits per heavy atom. The number of hydrogen-bond acceptors (Lipinski definition) is 3. The summed E-state index contributed by atoms with van der Waals surface area (Å²) in [5.74, 6) is 0.195. The van der Waals surface area contributed by atoms with Gasteiger partial charge in [0.15, 0.2) is 0 Å². The molecule has 2 rings (SSSR count). The summed E-state index contributed by atoms with van der Waals surface area (Å²) in [4.78, 5) is 0. The Balaban J connectivity index is 1.99. The highest BCUT2D eigenvalue weighted by Gasteiger charge is 2.43. The molecule has 2 aliphatic rings. The average Bonchev–Trinajstić information content (AvgIpc) is 2.41. The van der Waals surface area contributed by atoms with Crippen molar-refractivity contribution in [2.75, 3.05) is 7.11 Å². The molecule has 0 aromatic heterocycles. The maximum absolute atomic E-state index is 10.8. The van der Waals surface area contributed by atoms with Crippen LogP contribution in [0.1, 0.15) is 57.8 Å². The molecule has 0 aromatic carbocycles. The molecule has 3 nitrogen and oxygen atoms in total. The third-order valence-electron chi connectivity index (χ3n) is 4.96. The largest absolute Gasteiger partial charge is 0.389 e. The fourth-order valence-corrected chi connectivity index (χ4v) is 3.80. The van der Waals surface area contributed by atoms with Crippen molar-refractivity contribution in [1.29, 1.82) is 5.26 Å². The van der Waals surface area contributed by atoms with Crippen molar-refractivity contribution < 1.29 is 9.84 Å². The molecule has 2 fully saturated rings. The van der Waals surface area contributed by atoms with Crippen LogP contribution in [0.4, 0.5) is 0 Å². The quantitative estimate of drug-likeness (QED) is 0.838. The van der Waals surface area contributed by atoms with E-state index in [-0.39, 0.29) is 5.92 Å². The molecule has 0 aliphatic heterocycles. The molecule has 1 unspecified atom stereocenters. The first-order valence-corrected chi connectivity index (χ1v) is 7.34. The molecule has 2 saturated carbocycles. The van der Waals surface area contributed by atoms with Crippen LogP contribution in [0.15, 0.2) is 0 Å². The van der Waals surface area contributed by atoms with Crippen LogP contribution in [0.3, 0.4) is 0 Å². The lowest BCUT2D eigenvalue weighted by molar-refractivity contribution is -0.0611. The summed E-state index contributed by atoms with van der Waals surface area (Å²) in [5.41, 5.74) is -0.711. The predicted molar refractivity (Wildman–Crippen MR) is 69.9 cm³/mol. The number of nitriles is 1. The molecule has 0 heterocycles. The molecule has 1 N–H and O–H groups in total. The van der Waals surface area contributed by atoms with Gasteiger partial charge in [0.1, 0.15) is 0 Å². The average molecular weight is 251 g/mol. The first-order valence-electron chi connectivity index (χ1n) is 7.34. The molecule has 18 heavy (non-hydrogen) atoms. The van der Waals surface area contributed by atoms with Crippen molar-refractivity contribution >= 4 is 0 Å². The standard InChI is InChI=1S/C15H25NO2/c1-18-13-7-5-12(6-8-13)14(11-16)15(17)9-3-2-4-10-15/h12-14,17H,2-10H2,1H3. The zero-order valence-corrected chi connectivity index (χ0v) is 11.4. The first kappa shape index (κ1) is 13.8. The van der Waals surface area contributed by atoms with Crippen LogP contribution in [-0.2, 0) is 4.74 Å². The minimum absolute atomic E-state index is 0.171. The van der Waals surface area contributed by atoms with Gasteiger partial charge in [0.2, 0.25) is 0 Å². The van der Waals surface area contributed by atoms with Gasteiger partial charge in [-0.1, -0.05) is 19.3 Å². The zero-order chi connectivity index (χ0) is 13.0. The Kier molecular flexibility index (Phi) is 4.64. The number of methoxy groups -OCH3 is 1. The van der Waals surface area contributed by atoms with Crippen molar-refractivity contribution in [2.24, 2.45) is 11.8 Å². The van der Waals surface area contributed by atoms with Gasteiger partial charge in [-0.15, -0.1) is 0 Å². The number of aliphatic hydroxyl groups is 1. The third kappa shape index (κ3) is 2.87. The third-order valence-corrected chi connectivity index (χ3v) is 4.96. The van der Waals surface area contributed by atoms with Gasteiger partial charge in [-0.2, -0.15) is 5.26 Å². The minimum Gasteiger partial charge on any atom is -0.389 e. The number of ether oxygens (including phenoxy) is 1. The molecule has 0 radical (unpaired) electrons. The first-order chi connectivity index (χ1) is 8.69. The van der Waals surface area contributed by atoms with Crippen molar-refractivity contribution in [2.45, 2.75) is 69.5 Å². The van der Waals surface area contributed by atoms with E-state index in [9.17, 15) is 10.4 Å². The van der Waals surface area contributed by atoms with Gasteiger partial charge < -0.3 is 9.84 Å². The van der Waals surface area contributed by atoms with E-state index in [1.807, 2.05) is 0 Å². The van der Waals surface area contributed by atoms with E-state index < -0.39 is 5.60 Å². The Morgan fingerprint density at radius 3 is 2.28 bits per heavy atom. The van der Waals surface area contributed by atoms with Crippen LogP contribution in [-0.4, -0.2) is 23.9 Å². The highest BCUT2D eigenvalue weighted by Crippen LogP contribution is 2.42. The minimum atomic E-state index is -0.711. The summed E-state index contributed by atoms with van der Waals surface area (Å²) in [6, 6.07) is 2.42. The van der Waals surface area contributed by atoms with Crippen molar-refractivity contribution in [3.05, 3.63) is 0 Å². The highest BCUT2D eigenvalue weighted by molar-refractivity contribution is 5.03. The summed E-state index contributed by atoms with van der Waals surface area (Å²) in [6.07, 6.45) is 9.47. The maximum atomic E-state index is 10.8. The fourth-order valence-electron chi connectivity index (χ4n) is 3.80. The van der Waals surface area contributed by atoms with Crippen LogP contribution < -0.4 is 0 Å². The summed E-state index contributed by atoms with van der Waals surface area (Å²) in [5, 5.41) is 20.2. The number of hydrogen-bond donors (Lipinski definition) is 1. The summed E-state index contributed by atoms with van der Waals surface area (Å²) in [6.45, 7) is 0. The highest BCUT2D eigenvalue weighted by atomic mass is 16.5. The molecule has 0 amide bonds. The SMILES string of the molecule is COC1CCC(C(C#N)C2(O)CCCCC2)CC1. The van der Waals surface area contributed by atoms with Gasteiger partial charge >= 0.3 is 0 Å². The summed E-state index contributed by atoms with van der Waals surface area (Å²) >= 11 is 0. The summed E-state index contributed by atoms with van der Waals surface area (Å²) < 4.78 is 5.38. The fraction of sp³-hybridized carbons (Fsp3) is 0.933. The van der Waals surface area contributed by atoms with Gasteiger partial charge in [0.25, 0.3) is 0 Å². The molecule has 0 aromatic rings. The Morgan fingerprint density at radius 2 is 1.78 bits per heavy atom. The van der Waals surface area contributed by atoms with Gasteiger partial charge in [0, 0.05) is 7.11 Å². The topological polar surface area (TPSA) is 53.2 Å². The van der Waals surface area contributed by atoms with Crippen molar-refractivity contribution in [1.82, 2.24) is 0 Å². The molecule has 0 spiro atoms. The molecule has 0 bridgehead atoms. The molecule has 3 heteroatoms. The van der Waals surface area contributed by atoms with Crippen molar-refractivity contribution in [3.8, 4) is 6.07 Å². The monoisotopic (exact) mass is 251 g/mol. The lowest BCUT2D eigenvalue weighted by Crippen LogP contribution is -2.44. The van der Waals surface area contributed by atoms with E-state index in [0.717, 1.165) is 51.4 Å². The lowest BCUT2D eigenvalue weighted by atomic mass is 9.67. The van der Waals surface area contributed by atoms with Crippen LogP contribution in [0.2, 0.25) is 0 Å². The normalized spacial score (nSPS) is 33.6. The van der Waals surface area contributed by atoms with Crippen LogP contribution in [0.25, 0.3) is 0 Å². The molecular weight excluding hydrogens is 226 g/mol. The molecule has 0 saturated heterocycles. The second kappa shape index (κ2) is 6.04. The predicted octanol–water partition coefficient (Wildman–Crippen LogP) is 3.03. The second-order valence-electron chi connectivity index (χ2n) is 6.04. The Bertz CT molecular complexity index is 296. The molecule has 1 atom stereocenters. The zero-order valence-electron chi connectivity index (χ0n) is 11.4. The molecular formula is C15H25NO2.